The van der Waals surface area contributed by atoms with Crippen LogP contribution in [0.1, 0.15) is 87.4 Å². The maximum atomic E-state index is 16.3. The Hall–Kier alpha value is -12.2. The number of amides is 2. The van der Waals surface area contributed by atoms with Gasteiger partial charge in [0.05, 0.1) is 64.0 Å². The van der Waals surface area contributed by atoms with Crippen molar-refractivity contribution >= 4 is 54.5 Å². The first kappa shape index (κ1) is 73.1. The van der Waals surface area contributed by atoms with Crippen molar-refractivity contribution in [3.05, 3.63) is 321 Å². The van der Waals surface area contributed by atoms with Gasteiger partial charge in [-0.1, -0.05) is 146 Å². The van der Waals surface area contributed by atoms with Gasteiger partial charge in [-0.15, -0.1) is 0 Å². The summed E-state index contributed by atoms with van der Waals surface area (Å²) in [6, 6.07) is 65.6. The average Bonchev–Trinajstić information content (AvgIpc) is 1.74. The van der Waals surface area contributed by atoms with Crippen molar-refractivity contribution in [3.8, 4) is 17.6 Å². The number of carbonyl (C=O) groups excluding carboxylic acids is 5. The van der Waals surface area contributed by atoms with Gasteiger partial charge >= 0.3 is 25.5 Å². The molecule has 0 N–H and O–H groups in total. The molecular formula is C79H67N8O19P. The van der Waals surface area contributed by atoms with Gasteiger partial charge in [-0.3, -0.25) is 41.9 Å². The van der Waals surface area contributed by atoms with E-state index in [1.54, 1.807) is 115 Å². The monoisotopic (exact) mass is 1460 g/mol. The van der Waals surface area contributed by atoms with Gasteiger partial charge in [-0.05, 0) is 102 Å². The molecule has 2 fully saturated rings. The molecule has 107 heavy (non-hydrogen) atoms. The lowest BCUT2D eigenvalue weighted by molar-refractivity contribution is -0.0977. The molecule has 0 radical (unpaired) electrons. The topological polar surface area (TPSA) is 319 Å². The largest absolute Gasteiger partial charge is 0.497 e. The van der Waals surface area contributed by atoms with Crippen LogP contribution in [0.15, 0.2) is 265 Å². The third-order valence-electron chi connectivity index (χ3n) is 17.9. The Kier molecular flexibility index (Phi) is 22.4. The highest BCUT2D eigenvalue weighted by Crippen LogP contribution is 2.55. The fourth-order valence-electron chi connectivity index (χ4n) is 12.7. The Bertz CT molecular complexity index is 5100. The lowest BCUT2D eigenvalue weighted by Crippen LogP contribution is -2.46. The summed E-state index contributed by atoms with van der Waals surface area (Å²) in [6.07, 6.45) is -10.2. The third-order valence-corrected chi connectivity index (χ3v) is 19.3. The fraction of sp³-hybridized carbons (Fsp3) is 0.203. The van der Waals surface area contributed by atoms with Crippen molar-refractivity contribution in [2.24, 2.45) is 0 Å². The minimum atomic E-state index is -5.35. The lowest BCUT2D eigenvalue weighted by Gasteiger charge is -2.37. The second-order valence-electron chi connectivity index (χ2n) is 24.2. The van der Waals surface area contributed by atoms with E-state index >= 15 is 4.57 Å². The summed E-state index contributed by atoms with van der Waals surface area (Å²) >= 11 is 0. The Morgan fingerprint density at radius 1 is 0.533 bits per heavy atom. The van der Waals surface area contributed by atoms with Crippen LogP contribution in [0.3, 0.4) is 0 Å². The first-order valence-electron chi connectivity index (χ1n) is 33.5. The number of ether oxygens (including phenoxy) is 8. The number of nitrogens with zero attached hydrogens (tertiary/aromatic N) is 8. The van der Waals surface area contributed by atoms with Crippen LogP contribution in [0.5, 0.6) is 11.5 Å². The SMILES string of the molecule is COc1ccc(C(OC[C@H]2O[C@@H](n3ccc(=O)n(C(=O)c4ccccc4)c3=O)[C@H](OC)[C@@H]2OP(=O)(OCCC#N)OC[C@H]2O[C@@H](n3cnc4c(N(C(=O)c5ccccc5)C(=O)c5ccccc5)ncnc43)[C@H](OC(=O)c3ccccc3)[C@@H]2OC(=O)c2ccccc2)(c2ccccc2)c2ccc(OC)cc2)cc1. The highest BCUT2D eigenvalue weighted by atomic mass is 31.2. The van der Waals surface area contributed by atoms with Gasteiger partial charge in [-0.2, -0.15) is 9.83 Å². The number of rotatable bonds is 27. The third kappa shape index (κ3) is 15.4. The minimum Gasteiger partial charge on any atom is -0.497 e. The second-order valence-corrected chi connectivity index (χ2v) is 25.8. The van der Waals surface area contributed by atoms with E-state index in [4.69, 9.17) is 51.5 Å². The van der Waals surface area contributed by atoms with Crippen molar-refractivity contribution < 1.29 is 80.0 Å². The number of phosphoric acid groups is 1. The maximum absolute atomic E-state index is 16.3. The van der Waals surface area contributed by atoms with Gasteiger partial charge in [0.25, 0.3) is 23.3 Å². The normalized spacial score (nSPS) is 18.9. The van der Waals surface area contributed by atoms with E-state index in [0.29, 0.717) is 32.8 Å². The number of fused-ring (bicyclic) bond motifs is 1. The summed E-state index contributed by atoms with van der Waals surface area (Å²) in [5.41, 5.74) is -1.86. The highest BCUT2D eigenvalue weighted by molar-refractivity contribution is 7.48. The zero-order valence-electron chi connectivity index (χ0n) is 57.5. The zero-order chi connectivity index (χ0) is 74.6. The van der Waals surface area contributed by atoms with E-state index in [0.717, 1.165) is 28.1 Å². The quantitative estimate of drug-likeness (QED) is 0.0152. The van der Waals surface area contributed by atoms with Crippen molar-refractivity contribution in [2.75, 3.05) is 46.0 Å². The molecule has 2 aliphatic heterocycles. The summed E-state index contributed by atoms with van der Waals surface area (Å²) in [7, 11) is -1.06. The van der Waals surface area contributed by atoms with Crippen LogP contribution in [0, 0.1) is 11.3 Å². The van der Waals surface area contributed by atoms with E-state index < -0.39 is 130 Å². The molecule has 542 valence electrons. The molecule has 28 heteroatoms. The standard InChI is InChI=1S/C79H67N8O19P/c1-96-59-39-35-57(36-40-59)79(56-33-20-9-21-34-56,58-37-41-60(97-2)42-38-58)99-47-61-66(67(98-3)74(102-61)84-45-43-63(88)86(78(84)94)71(89)51-23-10-4-11-24-51)106-107(95,100-46-22-44-80)101-48-62-65(104-76(92)54-29-16-7-17-30-54)68(105-77(93)55-31-18-8-19-32-55)75(103-62)85-50-83-64-69(85)81-49-82-70(64)87(72(90)52-25-12-5-13-26-52)73(91)53-27-14-6-15-28-53/h4-21,23-43,45,49-50,61-62,65-68,74-75H,22,46-48H2,1-3H3/t61-,62-,65-,66-,67-,68-,74-,75-,107?/m1/s1. The summed E-state index contributed by atoms with van der Waals surface area (Å²) in [5.74, 6) is -3.62. The van der Waals surface area contributed by atoms with Gasteiger partial charge in [0.15, 0.2) is 41.6 Å². The molecular weight excluding hydrogens is 1400 g/mol. The van der Waals surface area contributed by atoms with Gasteiger partial charge in [-0.25, -0.2) is 38.8 Å². The molecule has 0 bridgehead atoms. The molecule has 8 aromatic carbocycles. The molecule has 2 amide bonds. The van der Waals surface area contributed by atoms with Crippen LogP contribution in [0.25, 0.3) is 11.2 Å². The van der Waals surface area contributed by atoms with Gasteiger partial charge < -0.3 is 37.9 Å². The van der Waals surface area contributed by atoms with E-state index in [1.165, 1.54) is 92.9 Å². The van der Waals surface area contributed by atoms with Crippen LogP contribution in [0.2, 0.25) is 0 Å². The number of imide groups is 1. The molecule has 11 aromatic rings. The zero-order valence-corrected chi connectivity index (χ0v) is 58.4. The van der Waals surface area contributed by atoms with Crippen molar-refractivity contribution in [1.29, 1.82) is 5.26 Å². The fourth-order valence-corrected chi connectivity index (χ4v) is 14.1. The molecule has 5 heterocycles. The van der Waals surface area contributed by atoms with Crippen LogP contribution in [-0.2, 0) is 52.2 Å². The van der Waals surface area contributed by atoms with Crippen molar-refractivity contribution in [1.82, 2.24) is 28.7 Å². The van der Waals surface area contributed by atoms with Gasteiger partial charge in [0, 0.05) is 36.1 Å². The number of nitriles is 1. The van der Waals surface area contributed by atoms with E-state index in [-0.39, 0.29) is 44.8 Å². The van der Waals surface area contributed by atoms with Gasteiger partial charge in [0.1, 0.15) is 47.8 Å². The van der Waals surface area contributed by atoms with E-state index in [9.17, 15) is 38.8 Å². The first-order valence-corrected chi connectivity index (χ1v) is 35.0. The predicted molar refractivity (Wildman–Crippen MR) is 383 cm³/mol. The Balaban J connectivity index is 0.919. The molecule has 27 nitrogen and oxygen atoms in total. The summed E-state index contributed by atoms with van der Waals surface area (Å²) in [5, 5.41) is 9.98. The summed E-state index contributed by atoms with van der Waals surface area (Å²) in [4.78, 5) is 116. The molecule has 9 atom stereocenters. The van der Waals surface area contributed by atoms with E-state index in [2.05, 4.69) is 15.0 Å². The van der Waals surface area contributed by atoms with E-state index in [1.807, 2.05) is 60.7 Å². The number of anilines is 1. The molecule has 1 unspecified atom stereocenters. The summed E-state index contributed by atoms with van der Waals surface area (Å²) < 4.78 is 89.4. The van der Waals surface area contributed by atoms with Gasteiger partial charge in [0.2, 0.25) is 0 Å². The number of esters is 2. The van der Waals surface area contributed by atoms with Crippen LogP contribution in [0.4, 0.5) is 5.82 Å². The maximum Gasteiger partial charge on any atom is 0.475 e. The Morgan fingerprint density at radius 2 is 1.01 bits per heavy atom. The molecule has 2 saturated heterocycles. The average molecular weight is 1460 g/mol. The Labute approximate surface area is 611 Å². The number of imidazole rings is 1. The molecule has 2 aliphatic rings. The molecule has 3 aromatic heterocycles. The lowest BCUT2D eigenvalue weighted by atomic mass is 9.80. The number of carbonyl (C=O) groups is 5. The van der Waals surface area contributed by atoms with Crippen LogP contribution < -0.4 is 25.6 Å². The molecule has 0 spiro atoms. The van der Waals surface area contributed by atoms with Crippen LogP contribution in [-0.4, -0.2) is 136 Å². The Morgan fingerprint density at radius 3 is 1.52 bits per heavy atom. The predicted octanol–water partition coefficient (Wildman–Crippen LogP) is 10.8. The number of hydrogen-bond donors (Lipinski definition) is 0. The molecule has 0 aliphatic carbocycles. The molecule has 13 rings (SSSR count). The van der Waals surface area contributed by atoms with Crippen LogP contribution >= 0.6 is 7.82 Å². The van der Waals surface area contributed by atoms with Crippen molar-refractivity contribution in [3.63, 3.8) is 0 Å². The molecule has 0 saturated carbocycles. The summed E-state index contributed by atoms with van der Waals surface area (Å²) in [6.45, 7) is -2.08. The smallest absolute Gasteiger partial charge is 0.475 e. The number of hydrogen-bond acceptors (Lipinski definition) is 23. The number of aromatic nitrogens is 6. The number of phosphoric ester groups is 1. The number of benzene rings is 8. The second kappa shape index (κ2) is 32.8. The minimum absolute atomic E-state index is 0.00191. The highest BCUT2D eigenvalue weighted by Gasteiger charge is 2.56. The van der Waals surface area contributed by atoms with Crippen molar-refractivity contribution in [2.45, 2.75) is 61.1 Å². The number of methoxy groups -OCH3 is 3. The first-order chi connectivity index (χ1) is 52.1.